The zero-order chi connectivity index (χ0) is 12.1. The first-order valence-electron chi connectivity index (χ1n) is 6.94. The number of aromatic nitrogens is 3. The highest BCUT2D eigenvalue weighted by atomic mass is 15.3. The summed E-state index contributed by atoms with van der Waals surface area (Å²) < 4.78 is 0. The highest BCUT2D eigenvalue weighted by molar-refractivity contribution is 5.03. The molecule has 4 nitrogen and oxygen atoms in total. The molecule has 1 saturated carbocycles. The number of nitrogens with zero attached hydrogens (tertiary/aromatic N) is 2. The summed E-state index contributed by atoms with van der Waals surface area (Å²) in [6.45, 7) is 5.46. The van der Waals surface area contributed by atoms with Gasteiger partial charge in [-0.25, -0.2) is 0 Å². The number of H-pyrrole nitrogens is 1. The summed E-state index contributed by atoms with van der Waals surface area (Å²) >= 11 is 0. The number of aromatic amines is 1. The lowest BCUT2D eigenvalue weighted by Gasteiger charge is -2.33. The molecule has 3 atom stereocenters. The van der Waals surface area contributed by atoms with Gasteiger partial charge in [-0.15, -0.1) is 0 Å². The highest BCUT2D eigenvalue weighted by Crippen LogP contribution is 2.37. The van der Waals surface area contributed by atoms with Crippen LogP contribution in [0.4, 0.5) is 0 Å². The van der Waals surface area contributed by atoms with Gasteiger partial charge in [0.2, 0.25) is 0 Å². The molecule has 0 radical (unpaired) electrons. The Labute approximate surface area is 104 Å². The molecule has 1 aliphatic rings. The van der Waals surface area contributed by atoms with Gasteiger partial charge in [-0.3, -0.25) is 0 Å². The minimum atomic E-state index is 0.382. The standard InChI is InChI=1S/C13H24N4/c1-3-10-6-5-7-11(8-10)13(14-4-2)12-9-15-17-16-12/h9-11,13-14H,3-8H2,1-2H3,(H,15,16,17). The fraction of sp³-hybridized carbons (Fsp3) is 0.846. The van der Waals surface area contributed by atoms with Gasteiger partial charge in [-0.2, -0.15) is 15.4 Å². The van der Waals surface area contributed by atoms with E-state index in [1.54, 1.807) is 0 Å². The van der Waals surface area contributed by atoms with Gasteiger partial charge < -0.3 is 5.32 Å². The van der Waals surface area contributed by atoms with Crippen LogP contribution in [-0.4, -0.2) is 22.0 Å². The molecule has 1 heterocycles. The first-order valence-corrected chi connectivity index (χ1v) is 6.94. The molecule has 4 heteroatoms. The maximum Gasteiger partial charge on any atom is 0.0996 e. The van der Waals surface area contributed by atoms with E-state index < -0.39 is 0 Å². The summed E-state index contributed by atoms with van der Waals surface area (Å²) in [5, 5.41) is 14.5. The summed E-state index contributed by atoms with van der Waals surface area (Å²) in [7, 11) is 0. The van der Waals surface area contributed by atoms with Crippen molar-refractivity contribution < 1.29 is 0 Å². The number of hydrogen-bond acceptors (Lipinski definition) is 3. The monoisotopic (exact) mass is 236 g/mol. The van der Waals surface area contributed by atoms with Gasteiger partial charge in [0.1, 0.15) is 0 Å². The van der Waals surface area contributed by atoms with Crippen LogP contribution in [0, 0.1) is 11.8 Å². The number of hydrogen-bond donors (Lipinski definition) is 2. The van der Waals surface area contributed by atoms with Crippen LogP contribution in [-0.2, 0) is 0 Å². The number of nitrogens with one attached hydrogen (secondary N) is 2. The van der Waals surface area contributed by atoms with Crippen LogP contribution in [0.15, 0.2) is 6.20 Å². The van der Waals surface area contributed by atoms with Crippen LogP contribution in [0.3, 0.4) is 0 Å². The molecular formula is C13H24N4. The molecule has 96 valence electrons. The second-order valence-electron chi connectivity index (χ2n) is 5.13. The first-order chi connectivity index (χ1) is 8.35. The predicted octanol–water partition coefficient (Wildman–Crippen LogP) is 2.67. The van der Waals surface area contributed by atoms with Gasteiger partial charge in [0.05, 0.1) is 17.9 Å². The van der Waals surface area contributed by atoms with E-state index in [0.717, 1.165) is 24.1 Å². The molecule has 3 unspecified atom stereocenters. The van der Waals surface area contributed by atoms with Gasteiger partial charge in [-0.1, -0.05) is 33.1 Å². The molecule has 0 aliphatic heterocycles. The normalized spacial score (nSPS) is 26.9. The van der Waals surface area contributed by atoms with Crippen molar-refractivity contribution in [3.05, 3.63) is 11.9 Å². The molecule has 0 bridgehead atoms. The van der Waals surface area contributed by atoms with Crippen molar-refractivity contribution in [2.24, 2.45) is 11.8 Å². The van der Waals surface area contributed by atoms with Crippen molar-refractivity contribution in [3.63, 3.8) is 0 Å². The fourth-order valence-electron chi connectivity index (χ4n) is 3.10. The Morgan fingerprint density at radius 2 is 2.35 bits per heavy atom. The molecule has 2 rings (SSSR count). The topological polar surface area (TPSA) is 53.6 Å². The molecule has 17 heavy (non-hydrogen) atoms. The molecule has 2 N–H and O–H groups in total. The van der Waals surface area contributed by atoms with Crippen LogP contribution in [0.2, 0.25) is 0 Å². The smallest absolute Gasteiger partial charge is 0.0996 e. The quantitative estimate of drug-likeness (QED) is 0.826. The molecule has 0 amide bonds. The van der Waals surface area contributed by atoms with Crippen LogP contribution in [0.25, 0.3) is 0 Å². The third-order valence-corrected chi connectivity index (χ3v) is 4.05. The van der Waals surface area contributed by atoms with Crippen LogP contribution in [0.5, 0.6) is 0 Å². The van der Waals surface area contributed by atoms with E-state index in [0.29, 0.717) is 6.04 Å². The first kappa shape index (κ1) is 12.6. The van der Waals surface area contributed by atoms with Gasteiger partial charge in [-0.05, 0) is 31.2 Å². The van der Waals surface area contributed by atoms with Crippen molar-refractivity contribution in [2.45, 2.75) is 52.0 Å². The van der Waals surface area contributed by atoms with Gasteiger partial charge in [0.25, 0.3) is 0 Å². The molecule has 1 aromatic rings. The molecule has 1 fully saturated rings. The summed E-state index contributed by atoms with van der Waals surface area (Å²) in [5.41, 5.74) is 1.08. The minimum absolute atomic E-state index is 0.382. The largest absolute Gasteiger partial charge is 0.309 e. The Bertz CT molecular complexity index is 309. The van der Waals surface area contributed by atoms with E-state index in [2.05, 4.69) is 34.6 Å². The maximum absolute atomic E-state index is 4.26. The van der Waals surface area contributed by atoms with E-state index in [1.807, 2.05) is 6.20 Å². The van der Waals surface area contributed by atoms with Gasteiger partial charge >= 0.3 is 0 Å². The van der Waals surface area contributed by atoms with Gasteiger partial charge in [0, 0.05) is 0 Å². The van der Waals surface area contributed by atoms with Crippen molar-refractivity contribution in [1.82, 2.24) is 20.7 Å². The Balaban J connectivity index is 2.05. The molecule has 0 saturated heterocycles. The Morgan fingerprint density at radius 3 is 3.00 bits per heavy atom. The SMILES string of the molecule is CCNC(c1cn[nH]n1)C1CCCC(CC)C1. The maximum atomic E-state index is 4.26. The average Bonchev–Trinajstić information content (AvgIpc) is 2.89. The lowest BCUT2D eigenvalue weighted by molar-refractivity contribution is 0.208. The van der Waals surface area contributed by atoms with Crippen molar-refractivity contribution in [3.8, 4) is 0 Å². The molecule has 0 spiro atoms. The van der Waals surface area contributed by atoms with E-state index in [9.17, 15) is 0 Å². The third kappa shape index (κ3) is 3.06. The summed E-state index contributed by atoms with van der Waals surface area (Å²) in [6, 6.07) is 0.382. The Kier molecular flexibility index (Phi) is 4.54. The Hall–Kier alpha value is -0.900. The van der Waals surface area contributed by atoms with E-state index in [4.69, 9.17) is 0 Å². The fourth-order valence-corrected chi connectivity index (χ4v) is 3.10. The van der Waals surface area contributed by atoms with E-state index >= 15 is 0 Å². The van der Waals surface area contributed by atoms with E-state index in [1.165, 1.54) is 32.1 Å². The summed E-state index contributed by atoms with van der Waals surface area (Å²) in [5.74, 6) is 1.63. The molecule has 0 aromatic carbocycles. The zero-order valence-corrected chi connectivity index (χ0v) is 10.9. The van der Waals surface area contributed by atoms with Crippen LogP contribution >= 0.6 is 0 Å². The van der Waals surface area contributed by atoms with Crippen molar-refractivity contribution in [1.29, 1.82) is 0 Å². The molecular weight excluding hydrogens is 212 g/mol. The summed E-state index contributed by atoms with van der Waals surface area (Å²) in [4.78, 5) is 0. The highest BCUT2D eigenvalue weighted by Gasteiger charge is 2.29. The summed E-state index contributed by atoms with van der Waals surface area (Å²) in [6.07, 6.45) is 8.60. The zero-order valence-electron chi connectivity index (χ0n) is 10.9. The average molecular weight is 236 g/mol. The lowest BCUT2D eigenvalue weighted by atomic mass is 9.76. The predicted molar refractivity (Wildman–Crippen MR) is 68.5 cm³/mol. The van der Waals surface area contributed by atoms with Crippen molar-refractivity contribution in [2.75, 3.05) is 6.54 Å². The second kappa shape index (κ2) is 6.15. The van der Waals surface area contributed by atoms with Crippen LogP contribution < -0.4 is 5.32 Å². The van der Waals surface area contributed by atoms with E-state index in [-0.39, 0.29) is 0 Å². The van der Waals surface area contributed by atoms with Crippen LogP contribution in [0.1, 0.15) is 57.7 Å². The molecule has 1 aliphatic carbocycles. The Morgan fingerprint density at radius 1 is 1.47 bits per heavy atom. The minimum Gasteiger partial charge on any atom is -0.309 e. The molecule has 1 aromatic heterocycles. The van der Waals surface area contributed by atoms with Gasteiger partial charge in [0.15, 0.2) is 0 Å². The third-order valence-electron chi connectivity index (χ3n) is 4.05. The number of rotatable bonds is 5. The van der Waals surface area contributed by atoms with Crippen molar-refractivity contribution >= 4 is 0 Å². The lowest BCUT2D eigenvalue weighted by Crippen LogP contribution is -2.31. The second-order valence-corrected chi connectivity index (χ2v) is 5.13.